The first-order valence-corrected chi connectivity index (χ1v) is 7.55. The van der Waals surface area contributed by atoms with E-state index in [9.17, 15) is 9.18 Å². The van der Waals surface area contributed by atoms with Crippen LogP contribution in [0.5, 0.6) is 0 Å². The van der Waals surface area contributed by atoms with Gasteiger partial charge in [-0.1, -0.05) is 19.1 Å². The lowest BCUT2D eigenvalue weighted by Gasteiger charge is -2.33. The SMILES string of the molecule is CC1CCC(N(C)CCC(=O)c2cccc(F)c2)CC1. The molecule has 0 bridgehead atoms. The zero-order valence-corrected chi connectivity index (χ0v) is 12.4. The molecule has 0 saturated heterocycles. The first-order chi connectivity index (χ1) is 9.56. The van der Waals surface area contributed by atoms with Crippen LogP contribution in [0.25, 0.3) is 0 Å². The molecule has 0 atom stereocenters. The summed E-state index contributed by atoms with van der Waals surface area (Å²) in [6, 6.07) is 6.57. The Kier molecular flexibility index (Phi) is 5.30. The summed E-state index contributed by atoms with van der Waals surface area (Å²) in [7, 11) is 2.10. The summed E-state index contributed by atoms with van der Waals surface area (Å²) >= 11 is 0. The first-order valence-electron chi connectivity index (χ1n) is 7.55. The van der Waals surface area contributed by atoms with Gasteiger partial charge in [0.1, 0.15) is 5.82 Å². The summed E-state index contributed by atoms with van der Waals surface area (Å²) < 4.78 is 13.1. The molecule has 1 aromatic rings. The number of benzene rings is 1. The highest BCUT2D eigenvalue weighted by Gasteiger charge is 2.21. The highest BCUT2D eigenvalue weighted by atomic mass is 19.1. The highest BCUT2D eigenvalue weighted by Crippen LogP contribution is 2.26. The Bertz CT molecular complexity index is 452. The summed E-state index contributed by atoms with van der Waals surface area (Å²) in [6.45, 7) is 3.07. The van der Waals surface area contributed by atoms with Crippen LogP contribution >= 0.6 is 0 Å². The van der Waals surface area contributed by atoms with Gasteiger partial charge in [-0.25, -0.2) is 4.39 Å². The number of rotatable bonds is 5. The molecule has 1 aliphatic carbocycles. The standard InChI is InChI=1S/C17H24FNO/c1-13-6-8-16(9-7-13)19(2)11-10-17(20)14-4-3-5-15(18)12-14/h3-5,12-13,16H,6-11H2,1-2H3. The molecule has 2 rings (SSSR count). The second-order valence-corrected chi connectivity index (χ2v) is 6.08. The van der Waals surface area contributed by atoms with Crippen molar-refractivity contribution in [1.29, 1.82) is 0 Å². The largest absolute Gasteiger partial charge is 0.303 e. The average molecular weight is 277 g/mol. The van der Waals surface area contributed by atoms with Crippen LogP contribution in [0.4, 0.5) is 4.39 Å². The molecule has 0 spiro atoms. The van der Waals surface area contributed by atoms with Gasteiger partial charge in [-0.15, -0.1) is 0 Å². The van der Waals surface area contributed by atoms with Crippen LogP contribution in [0, 0.1) is 11.7 Å². The maximum Gasteiger partial charge on any atom is 0.164 e. The zero-order valence-electron chi connectivity index (χ0n) is 12.4. The van der Waals surface area contributed by atoms with Gasteiger partial charge in [-0.05, 0) is 50.8 Å². The molecule has 0 heterocycles. The zero-order chi connectivity index (χ0) is 14.5. The summed E-state index contributed by atoms with van der Waals surface area (Å²) in [5.41, 5.74) is 0.482. The molecule has 0 aliphatic heterocycles. The molecule has 0 unspecified atom stereocenters. The first kappa shape index (κ1) is 15.2. The van der Waals surface area contributed by atoms with E-state index in [0.717, 1.165) is 12.5 Å². The predicted molar refractivity (Wildman–Crippen MR) is 79.4 cm³/mol. The maximum atomic E-state index is 13.1. The Hall–Kier alpha value is -1.22. The predicted octanol–water partition coefficient (Wildman–Crippen LogP) is 3.91. The lowest BCUT2D eigenvalue weighted by atomic mass is 9.86. The van der Waals surface area contributed by atoms with E-state index >= 15 is 0 Å². The highest BCUT2D eigenvalue weighted by molar-refractivity contribution is 5.96. The number of nitrogens with zero attached hydrogens (tertiary/aromatic N) is 1. The van der Waals surface area contributed by atoms with E-state index in [-0.39, 0.29) is 11.6 Å². The molecule has 0 aromatic heterocycles. The van der Waals surface area contributed by atoms with Crippen LogP contribution in [0.1, 0.15) is 49.4 Å². The van der Waals surface area contributed by atoms with E-state index in [0.29, 0.717) is 18.0 Å². The summed E-state index contributed by atoms with van der Waals surface area (Å²) in [4.78, 5) is 14.3. The second kappa shape index (κ2) is 6.98. The molecule has 0 amide bonds. The van der Waals surface area contributed by atoms with Crippen molar-refractivity contribution in [3.8, 4) is 0 Å². The molecule has 110 valence electrons. The third kappa shape index (κ3) is 4.14. The van der Waals surface area contributed by atoms with Crippen LogP contribution in [0.15, 0.2) is 24.3 Å². The molecular weight excluding hydrogens is 253 g/mol. The molecule has 1 aromatic carbocycles. The van der Waals surface area contributed by atoms with Gasteiger partial charge in [0.2, 0.25) is 0 Å². The Morgan fingerprint density at radius 1 is 1.30 bits per heavy atom. The Balaban J connectivity index is 1.81. The monoisotopic (exact) mass is 277 g/mol. The number of ketones is 1. The third-order valence-electron chi connectivity index (χ3n) is 4.45. The van der Waals surface area contributed by atoms with Crippen molar-refractivity contribution >= 4 is 5.78 Å². The van der Waals surface area contributed by atoms with Gasteiger partial charge in [0, 0.05) is 24.6 Å². The summed E-state index contributed by atoms with van der Waals surface area (Å²) in [6.07, 6.45) is 5.49. The minimum atomic E-state index is -0.342. The fourth-order valence-electron chi connectivity index (χ4n) is 2.95. The lowest BCUT2D eigenvalue weighted by molar-refractivity contribution is 0.0947. The normalized spacial score (nSPS) is 23.0. The fourth-order valence-corrected chi connectivity index (χ4v) is 2.95. The van der Waals surface area contributed by atoms with E-state index < -0.39 is 0 Å². The van der Waals surface area contributed by atoms with Gasteiger partial charge < -0.3 is 4.90 Å². The van der Waals surface area contributed by atoms with Gasteiger partial charge in [-0.3, -0.25) is 4.79 Å². The van der Waals surface area contributed by atoms with Crippen molar-refractivity contribution in [3.05, 3.63) is 35.6 Å². The fraction of sp³-hybridized carbons (Fsp3) is 0.588. The maximum absolute atomic E-state index is 13.1. The van der Waals surface area contributed by atoms with Gasteiger partial charge in [0.05, 0.1) is 0 Å². The van der Waals surface area contributed by atoms with Crippen LogP contribution in [0.2, 0.25) is 0 Å². The molecule has 0 radical (unpaired) electrons. The van der Waals surface area contributed by atoms with E-state index in [1.54, 1.807) is 12.1 Å². The van der Waals surface area contributed by atoms with E-state index in [2.05, 4.69) is 18.9 Å². The molecule has 1 fully saturated rings. The van der Waals surface area contributed by atoms with Crippen LogP contribution in [-0.2, 0) is 0 Å². The second-order valence-electron chi connectivity index (χ2n) is 6.08. The number of hydrogen-bond donors (Lipinski definition) is 0. The Morgan fingerprint density at radius 3 is 2.65 bits per heavy atom. The van der Waals surface area contributed by atoms with Crippen LogP contribution < -0.4 is 0 Å². The van der Waals surface area contributed by atoms with Crippen molar-refractivity contribution in [2.45, 2.75) is 45.1 Å². The topological polar surface area (TPSA) is 20.3 Å². The van der Waals surface area contributed by atoms with Crippen molar-refractivity contribution in [3.63, 3.8) is 0 Å². The molecule has 1 saturated carbocycles. The summed E-state index contributed by atoms with van der Waals surface area (Å²) in [5.74, 6) is 0.527. The van der Waals surface area contributed by atoms with Crippen molar-refractivity contribution in [1.82, 2.24) is 4.90 Å². The van der Waals surface area contributed by atoms with Crippen LogP contribution in [0.3, 0.4) is 0 Å². The molecular formula is C17H24FNO. The molecule has 3 heteroatoms. The van der Waals surface area contributed by atoms with Crippen molar-refractivity contribution < 1.29 is 9.18 Å². The van der Waals surface area contributed by atoms with Crippen LogP contribution in [-0.4, -0.2) is 30.3 Å². The number of hydrogen-bond acceptors (Lipinski definition) is 2. The number of carbonyl (C=O) groups excluding carboxylic acids is 1. The number of Topliss-reactive ketones (excluding diaryl/α,β-unsaturated/α-hetero) is 1. The Morgan fingerprint density at radius 2 is 2.00 bits per heavy atom. The Labute approximate surface area is 121 Å². The number of halogens is 1. The van der Waals surface area contributed by atoms with E-state index in [1.165, 1.54) is 37.8 Å². The molecule has 1 aliphatic rings. The molecule has 2 nitrogen and oxygen atoms in total. The summed E-state index contributed by atoms with van der Waals surface area (Å²) in [5, 5.41) is 0. The third-order valence-corrected chi connectivity index (χ3v) is 4.45. The van der Waals surface area contributed by atoms with Gasteiger partial charge >= 0.3 is 0 Å². The van der Waals surface area contributed by atoms with E-state index in [4.69, 9.17) is 0 Å². The van der Waals surface area contributed by atoms with Crippen molar-refractivity contribution in [2.75, 3.05) is 13.6 Å². The molecule has 0 N–H and O–H groups in total. The van der Waals surface area contributed by atoms with E-state index in [1.807, 2.05) is 0 Å². The van der Waals surface area contributed by atoms with Crippen molar-refractivity contribution in [2.24, 2.45) is 5.92 Å². The minimum Gasteiger partial charge on any atom is -0.303 e. The average Bonchev–Trinajstić information content (AvgIpc) is 2.45. The number of carbonyl (C=O) groups is 1. The minimum absolute atomic E-state index is 0.0283. The van der Waals surface area contributed by atoms with Gasteiger partial charge in [-0.2, -0.15) is 0 Å². The van der Waals surface area contributed by atoms with Gasteiger partial charge in [0.25, 0.3) is 0 Å². The smallest absolute Gasteiger partial charge is 0.164 e. The lowest BCUT2D eigenvalue weighted by Crippen LogP contribution is -2.36. The quantitative estimate of drug-likeness (QED) is 0.761. The van der Waals surface area contributed by atoms with Gasteiger partial charge in [0.15, 0.2) is 5.78 Å². The molecule has 20 heavy (non-hydrogen) atoms.